The molecule has 1 atom stereocenters. The Bertz CT molecular complexity index is 271. The fourth-order valence-electron chi connectivity index (χ4n) is 1.57. The van der Waals surface area contributed by atoms with Crippen LogP contribution in [0.15, 0.2) is 11.8 Å². The minimum absolute atomic E-state index is 0.0293. The number of rotatable bonds is 8. The van der Waals surface area contributed by atoms with E-state index in [0.29, 0.717) is 0 Å². The zero-order valence-corrected chi connectivity index (χ0v) is 12.9. The van der Waals surface area contributed by atoms with Crippen molar-refractivity contribution in [2.75, 3.05) is 7.11 Å². The van der Waals surface area contributed by atoms with Gasteiger partial charge in [-0.15, -0.1) is 6.42 Å². The number of terminal acetylenes is 1. The molecule has 0 aliphatic rings. The standard InChI is InChI=1S/C14H26O2Si/c1-7-14(15-3)12-10-8-9-11-13(2)16-17(4,5)6/h1,11,14H,8-10,12H2,2-6H3/b13-11-. The van der Waals surface area contributed by atoms with E-state index in [1.54, 1.807) is 7.11 Å². The minimum Gasteiger partial charge on any atom is -0.548 e. The van der Waals surface area contributed by atoms with Crippen LogP contribution in [0.25, 0.3) is 0 Å². The summed E-state index contributed by atoms with van der Waals surface area (Å²) in [4.78, 5) is 0. The van der Waals surface area contributed by atoms with Gasteiger partial charge in [0.15, 0.2) is 0 Å². The van der Waals surface area contributed by atoms with Crippen LogP contribution in [0.4, 0.5) is 0 Å². The molecular formula is C14H26O2Si. The third-order valence-electron chi connectivity index (χ3n) is 2.29. The molecule has 1 unspecified atom stereocenters. The summed E-state index contributed by atoms with van der Waals surface area (Å²) in [6, 6.07) is 0. The van der Waals surface area contributed by atoms with E-state index in [1.165, 1.54) is 0 Å². The maximum Gasteiger partial charge on any atom is 0.241 e. The number of hydrogen-bond donors (Lipinski definition) is 0. The van der Waals surface area contributed by atoms with Gasteiger partial charge >= 0.3 is 0 Å². The maximum atomic E-state index is 5.85. The van der Waals surface area contributed by atoms with Gasteiger partial charge in [-0.3, -0.25) is 0 Å². The highest BCUT2D eigenvalue weighted by atomic mass is 28.4. The lowest BCUT2D eigenvalue weighted by molar-refractivity contribution is 0.138. The molecule has 0 radical (unpaired) electrons. The van der Waals surface area contributed by atoms with Crippen molar-refractivity contribution in [1.29, 1.82) is 0 Å². The molecule has 0 aromatic heterocycles. The molecule has 0 saturated carbocycles. The van der Waals surface area contributed by atoms with E-state index in [0.717, 1.165) is 31.4 Å². The Morgan fingerprint density at radius 2 is 2.00 bits per heavy atom. The number of methoxy groups -OCH3 is 1. The fraction of sp³-hybridized carbons (Fsp3) is 0.714. The third kappa shape index (κ3) is 10.2. The summed E-state index contributed by atoms with van der Waals surface area (Å²) in [5, 5.41) is 0. The first-order valence-corrected chi connectivity index (χ1v) is 9.64. The van der Waals surface area contributed by atoms with Crippen molar-refractivity contribution in [3.63, 3.8) is 0 Å². The Morgan fingerprint density at radius 3 is 2.47 bits per heavy atom. The molecule has 0 fully saturated rings. The zero-order valence-electron chi connectivity index (χ0n) is 11.9. The van der Waals surface area contributed by atoms with E-state index in [4.69, 9.17) is 15.6 Å². The van der Waals surface area contributed by atoms with Gasteiger partial charge in [0.05, 0.1) is 5.76 Å². The second-order valence-electron chi connectivity index (χ2n) is 5.20. The predicted molar refractivity (Wildman–Crippen MR) is 76.3 cm³/mol. The topological polar surface area (TPSA) is 18.5 Å². The fourth-order valence-corrected chi connectivity index (χ4v) is 2.62. The van der Waals surface area contributed by atoms with Crippen LogP contribution in [0.5, 0.6) is 0 Å². The molecule has 0 aliphatic carbocycles. The van der Waals surface area contributed by atoms with E-state index in [1.807, 2.05) is 6.92 Å². The van der Waals surface area contributed by atoms with Gasteiger partial charge < -0.3 is 9.16 Å². The summed E-state index contributed by atoms with van der Waals surface area (Å²) >= 11 is 0. The monoisotopic (exact) mass is 254 g/mol. The molecule has 0 N–H and O–H groups in total. The molecule has 0 bridgehead atoms. The lowest BCUT2D eigenvalue weighted by atomic mass is 10.1. The number of allylic oxidation sites excluding steroid dienone is 2. The summed E-state index contributed by atoms with van der Waals surface area (Å²) in [6.45, 7) is 8.62. The molecule has 0 aromatic carbocycles. The molecule has 0 amide bonds. The Balaban J connectivity index is 3.70. The largest absolute Gasteiger partial charge is 0.548 e. The molecule has 0 spiro atoms. The molecule has 0 saturated heterocycles. The maximum absolute atomic E-state index is 5.85. The average molecular weight is 254 g/mol. The Morgan fingerprint density at radius 1 is 1.35 bits per heavy atom. The van der Waals surface area contributed by atoms with Crippen LogP contribution in [0, 0.1) is 12.3 Å². The molecule has 0 aromatic rings. The van der Waals surface area contributed by atoms with Gasteiger partial charge in [0.25, 0.3) is 0 Å². The predicted octanol–water partition coefficient (Wildman–Crippen LogP) is 3.95. The van der Waals surface area contributed by atoms with E-state index < -0.39 is 8.32 Å². The van der Waals surface area contributed by atoms with Crippen LogP contribution < -0.4 is 0 Å². The van der Waals surface area contributed by atoms with Crippen LogP contribution in [0.3, 0.4) is 0 Å². The van der Waals surface area contributed by atoms with E-state index in [9.17, 15) is 0 Å². The summed E-state index contributed by atoms with van der Waals surface area (Å²) in [7, 11) is 0.230. The van der Waals surface area contributed by atoms with Crippen LogP contribution >= 0.6 is 0 Å². The van der Waals surface area contributed by atoms with Crippen LogP contribution in [0.1, 0.15) is 32.6 Å². The van der Waals surface area contributed by atoms with Gasteiger partial charge in [-0.05, 0) is 58.3 Å². The molecular weight excluding hydrogens is 228 g/mol. The highest BCUT2D eigenvalue weighted by Crippen LogP contribution is 2.12. The summed E-state index contributed by atoms with van der Waals surface area (Å²) in [5.41, 5.74) is 0. The summed E-state index contributed by atoms with van der Waals surface area (Å²) < 4.78 is 11.0. The van der Waals surface area contributed by atoms with Gasteiger partial charge in [0.2, 0.25) is 8.32 Å². The molecule has 0 aliphatic heterocycles. The van der Waals surface area contributed by atoms with Crippen LogP contribution in [-0.4, -0.2) is 21.5 Å². The molecule has 98 valence electrons. The molecule has 2 nitrogen and oxygen atoms in total. The van der Waals surface area contributed by atoms with Gasteiger partial charge in [0, 0.05) is 7.11 Å². The first-order valence-electron chi connectivity index (χ1n) is 6.23. The second-order valence-corrected chi connectivity index (χ2v) is 9.63. The summed E-state index contributed by atoms with van der Waals surface area (Å²) in [5.74, 6) is 3.69. The minimum atomic E-state index is -1.43. The van der Waals surface area contributed by atoms with Crippen molar-refractivity contribution in [2.45, 2.75) is 58.4 Å². The number of ether oxygens (including phenoxy) is 1. The first-order chi connectivity index (χ1) is 7.89. The zero-order chi connectivity index (χ0) is 13.3. The Labute approximate surface area is 108 Å². The van der Waals surface area contributed by atoms with Gasteiger partial charge in [-0.1, -0.05) is 5.92 Å². The normalized spacial score (nSPS) is 14.2. The Hall–Kier alpha value is -0.723. The van der Waals surface area contributed by atoms with Crippen LogP contribution in [-0.2, 0) is 9.16 Å². The lowest BCUT2D eigenvalue weighted by Crippen LogP contribution is -2.24. The van der Waals surface area contributed by atoms with Crippen molar-refractivity contribution in [1.82, 2.24) is 0 Å². The SMILES string of the molecule is C#CC(CCCC/C=C(/C)O[Si](C)(C)C)OC. The van der Waals surface area contributed by atoms with Gasteiger partial charge in [-0.25, -0.2) is 0 Å². The highest BCUT2D eigenvalue weighted by molar-refractivity contribution is 6.70. The molecule has 0 rings (SSSR count). The molecule has 17 heavy (non-hydrogen) atoms. The van der Waals surface area contributed by atoms with Crippen molar-refractivity contribution in [2.24, 2.45) is 0 Å². The van der Waals surface area contributed by atoms with E-state index in [-0.39, 0.29) is 6.10 Å². The quantitative estimate of drug-likeness (QED) is 0.283. The van der Waals surface area contributed by atoms with Crippen molar-refractivity contribution in [3.05, 3.63) is 11.8 Å². The molecule has 3 heteroatoms. The van der Waals surface area contributed by atoms with Crippen LogP contribution in [0.2, 0.25) is 19.6 Å². The average Bonchev–Trinajstić information content (AvgIpc) is 2.21. The van der Waals surface area contributed by atoms with Crippen molar-refractivity contribution < 1.29 is 9.16 Å². The van der Waals surface area contributed by atoms with E-state index in [2.05, 4.69) is 31.6 Å². The lowest BCUT2D eigenvalue weighted by Gasteiger charge is -2.19. The Kier molecular flexibility index (Phi) is 8.02. The number of hydrogen-bond acceptors (Lipinski definition) is 2. The molecule has 0 heterocycles. The van der Waals surface area contributed by atoms with Crippen molar-refractivity contribution in [3.8, 4) is 12.3 Å². The van der Waals surface area contributed by atoms with Gasteiger partial charge in [0.1, 0.15) is 6.10 Å². The second kappa shape index (κ2) is 8.38. The smallest absolute Gasteiger partial charge is 0.241 e. The van der Waals surface area contributed by atoms with Gasteiger partial charge in [-0.2, -0.15) is 0 Å². The highest BCUT2D eigenvalue weighted by Gasteiger charge is 2.15. The van der Waals surface area contributed by atoms with Crippen molar-refractivity contribution >= 4 is 8.32 Å². The number of unbranched alkanes of at least 4 members (excludes halogenated alkanes) is 2. The summed E-state index contributed by atoms with van der Waals surface area (Å²) in [6.07, 6.45) is 11.7. The first kappa shape index (κ1) is 16.3. The van der Waals surface area contributed by atoms with E-state index >= 15 is 0 Å². The third-order valence-corrected chi connectivity index (χ3v) is 3.22.